The minimum Gasteiger partial charge on any atom is -0.497 e. The van der Waals surface area contributed by atoms with Crippen LogP contribution >= 0.6 is 0 Å². The van der Waals surface area contributed by atoms with Crippen LogP contribution in [0.5, 0.6) is 11.5 Å². The first-order chi connectivity index (χ1) is 14.2. The Balaban J connectivity index is 1.43. The van der Waals surface area contributed by atoms with E-state index in [4.69, 9.17) is 9.47 Å². The number of rotatable bonds is 5. The summed E-state index contributed by atoms with van der Waals surface area (Å²) in [5.41, 5.74) is 1.93. The van der Waals surface area contributed by atoms with E-state index in [-0.39, 0.29) is 5.91 Å². The zero-order valence-electron chi connectivity index (χ0n) is 17.0. The first kappa shape index (κ1) is 19.3. The van der Waals surface area contributed by atoms with Gasteiger partial charge in [-0.3, -0.25) is 4.79 Å². The molecule has 29 heavy (non-hydrogen) atoms. The van der Waals surface area contributed by atoms with Crippen molar-refractivity contribution in [1.29, 1.82) is 0 Å². The molecule has 4 rings (SSSR count). The lowest BCUT2D eigenvalue weighted by atomic mass is 10.0. The molecule has 0 saturated carbocycles. The van der Waals surface area contributed by atoms with E-state index in [1.807, 2.05) is 53.4 Å². The van der Waals surface area contributed by atoms with E-state index in [9.17, 15) is 4.79 Å². The first-order valence-corrected chi connectivity index (χ1v) is 10.0. The smallest absolute Gasteiger partial charge is 0.258 e. The number of methoxy groups -OCH3 is 2. The molecule has 0 aromatic heterocycles. The SMILES string of the molecule is COc1ccc(C[NH+]2CCN(C(=O)c3cc4ccccc4cc3OC)CC2)cc1. The van der Waals surface area contributed by atoms with Gasteiger partial charge in [0.25, 0.3) is 5.91 Å². The number of nitrogens with zero attached hydrogens (tertiary/aromatic N) is 1. The van der Waals surface area contributed by atoms with Crippen molar-refractivity contribution in [3.63, 3.8) is 0 Å². The number of ether oxygens (including phenoxy) is 2. The van der Waals surface area contributed by atoms with Gasteiger partial charge in [-0.2, -0.15) is 0 Å². The number of carbonyl (C=O) groups excluding carboxylic acids is 1. The van der Waals surface area contributed by atoms with Crippen LogP contribution in [0.15, 0.2) is 60.7 Å². The van der Waals surface area contributed by atoms with Crippen LogP contribution in [-0.4, -0.2) is 51.2 Å². The van der Waals surface area contributed by atoms with Crippen LogP contribution < -0.4 is 14.4 Å². The van der Waals surface area contributed by atoms with Crippen LogP contribution in [0.2, 0.25) is 0 Å². The van der Waals surface area contributed by atoms with Gasteiger partial charge in [-0.1, -0.05) is 24.3 Å². The van der Waals surface area contributed by atoms with E-state index in [0.717, 1.165) is 49.2 Å². The summed E-state index contributed by atoms with van der Waals surface area (Å²) in [4.78, 5) is 16.6. The van der Waals surface area contributed by atoms with E-state index < -0.39 is 0 Å². The molecule has 1 amide bonds. The third-order valence-corrected chi connectivity index (χ3v) is 5.67. The molecule has 150 valence electrons. The number of hydrogen-bond donors (Lipinski definition) is 1. The second-order valence-corrected chi connectivity index (χ2v) is 7.47. The second-order valence-electron chi connectivity index (χ2n) is 7.47. The van der Waals surface area contributed by atoms with Crippen molar-refractivity contribution < 1.29 is 19.2 Å². The van der Waals surface area contributed by atoms with E-state index in [2.05, 4.69) is 12.1 Å². The molecule has 0 radical (unpaired) electrons. The molecule has 1 aliphatic heterocycles. The fourth-order valence-corrected chi connectivity index (χ4v) is 3.96. The normalized spacial score (nSPS) is 14.8. The maximum atomic E-state index is 13.2. The molecule has 0 spiro atoms. The summed E-state index contributed by atoms with van der Waals surface area (Å²) in [6.07, 6.45) is 0. The summed E-state index contributed by atoms with van der Waals surface area (Å²) in [5.74, 6) is 1.57. The summed E-state index contributed by atoms with van der Waals surface area (Å²) in [7, 11) is 3.30. The predicted octanol–water partition coefficient (Wildman–Crippen LogP) is 2.40. The topological polar surface area (TPSA) is 43.2 Å². The average molecular weight is 391 g/mol. The molecule has 3 aromatic carbocycles. The van der Waals surface area contributed by atoms with E-state index in [1.165, 1.54) is 10.5 Å². The van der Waals surface area contributed by atoms with Gasteiger partial charge in [0.1, 0.15) is 18.0 Å². The average Bonchev–Trinajstić information content (AvgIpc) is 2.78. The molecule has 1 N–H and O–H groups in total. The summed E-state index contributed by atoms with van der Waals surface area (Å²) in [6, 6.07) is 20.2. The molecule has 0 aliphatic carbocycles. The molecule has 0 unspecified atom stereocenters. The van der Waals surface area contributed by atoms with Crippen LogP contribution in [-0.2, 0) is 6.54 Å². The van der Waals surface area contributed by atoms with Crippen molar-refractivity contribution in [2.24, 2.45) is 0 Å². The van der Waals surface area contributed by atoms with Crippen LogP contribution in [0.3, 0.4) is 0 Å². The third-order valence-electron chi connectivity index (χ3n) is 5.67. The number of piperazine rings is 1. The maximum Gasteiger partial charge on any atom is 0.258 e. The molecule has 1 fully saturated rings. The van der Waals surface area contributed by atoms with Gasteiger partial charge in [0.2, 0.25) is 0 Å². The molecular weight excluding hydrogens is 364 g/mol. The highest BCUT2D eigenvalue weighted by Crippen LogP contribution is 2.27. The van der Waals surface area contributed by atoms with Crippen LogP contribution in [0.1, 0.15) is 15.9 Å². The number of carbonyl (C=O) groups is 1. The van der Waals surface area contributed by atoms with E-state index in [0.29, 0.717) is 11.3 Å². The Labute approximate surface area is 171 Å². The largest absolute Gasteiger partial charge is 0.497 e. The van der Waals surface area contributed by atoms with Crippen molar-refractivity contribution in [3.8, 4) is 11.5 Å². The van der Waals surface area contributed by atoms with Crippen LogP contribution in [0.25, 0.3) is 10.8 Å². The van der Waals surface area contributed by atoms with Gasteiger partial charge in [-0.05, 0) is 47.2 Å². The van der Waals surface area contributed by atoms with Crippen molar-refractivity contribution in [2.75, 3.05) is 40.4 Å². The Morgan fingerprint density at radius 3 is 2.21 bits per heavy atom. The van der Waals surface area contributed by atoms with Gasteiger partial charge < -0.3 is 19.3 Å². The third kappa shape index (κ3) is 4.20. The number of benzene rings is 3. The highest BCUT2D eigenvalue weighted by molar-refractivity contribution is 6.01. The molecule has 1 saturated heterocycles. The van der Waals surface area contributed by atoms with Crippen molar-refractivity contribution in [1.82, 2.24) is 4.90 Å². The van der Waals surface area contributed by atoms with E-state index in [1.54, 1.807) is 14.2 Å². The molecule has 5 nitrogen and oxygen atoms in total. The van der Waals surface area contributed by atoms with Crippen LogP contribution in [0, 0.1) is 0 Å². The Bertz CT molecular complexity index is 993. The highest BCUT2D eigenvalue weighted by Gasteiger charge is 2.26. The molecule has 1 heterocycles. The summed E-state index contributed by atoms with van der Waals surface area (Å²) in [5, 5.41) is 2.13. The Morgan fingerprint density at radius 1 is 0.931 bits per heavy atom. The Kier molecular flexibility index (Phi) is 5.67. The lowest BCUT2D eigenvalue weighted by Gasteiger charge is -2.32. The highest BCUT2D eigenvalue weighted by atomic mass is 16.5. The minimum absolute atomic E-state index is 0.0519. The molecular formula is C24H27N2O3+. The van der Waals surface area contributed by atoms with E-state index >= 15 is 0 Å². The quantitative estimate of drug-likeness (QED) is 0.726. The number of fused-ring (bicyclic) bond motifs is 1. The maximum absolute atomic E-state index is 13.2. The number of nitrogens with one attached hydrogen (secondary N) is 1. The van der Waals surface area contributed by atoms with Gasteiger partial charge in [0.05, 0.1) is 46.0 Å². The zero-order chi connectivity index (χ0) is 20.2. The van der Waals surface area contributed by atoms with Crippen LogP contribution in [0.4, 0.5) is 0 Å². The van der Waals surface area contributed by atoms with Gasteiger partial charge in [0, 0.05) is 5.56 Å². The molecule has 0 atom stereocenters. The van der Waals surface area contributed by atoms with Gasteiger partial charge in [-0.25, -0.2) is 0 Å². The standard InChI is InChI=1S/C24H26N2O3/c1-28-21-9-7-18(8-10-21)17-25-11-13-26(14-12-25)24(27)22-15-19-5-3-4-6-20(19)16-23(22)29-2/h3-10,15-16H,11-14,17H2,1-2H3/p+1. The van der Waals surface area contributed by atoms with Crippen molar-refractivity contribution in [2.45, 2.75) is 6.54 Å². The number of quaternary nitrogens is 1. The lowest BCUT2D eigenvalue weighted by molar-refractivity contribution is -0.917. The van der Waals surface area contributed by atoms with Gasteiger partial charge in [0.15, 0.2) is 0 Å². The first-order valence-electron chi connectivity index (χ1n) is 10.0. The molecule has 0 bridgehead atoms. The lowest BCUT2D eigenvalue weighted by Crippen LogP contribution is -3.13. The van der Waals surface area contributed by atoms with Gasteiger partial charge >= 0.3 is 0 Å². The minimum atomic E-state index is 0.0519. The van der Waals surface area contributed by atoms with Crippen molar-refractivity contribution in [3.05, 3.63) is 71.8 Å². The predicted molar refractivity (Wildman–Crippen MR) is 114 cm³/mol. The molecule has 1 aliphatic rings. The molecule has 3 aromatic rings. The van der Waals surface area contributed by atoms with Crippen molar-refractivity contribution >= 4 is 16.7 Å². The number of amides is 1. The summed E-state index contributed by atoms with van der Waals surface area (Å²) < 4.78 is 10.7. The summed E-state index contributed by atoms with van der Waals surface area (Å²) in [6.45, 7) is 4.34. The number of hydrogen-bond acceptors (Lipinski definition) is 3. The second kappa shape index (κ2) is 8.53. The molecule has 5 heteroatoms. The monoisotopic (exact) mass is 391 g/mol. The fraction of sp³-hybridized carbons (Fsp3) is 0.292. The fourth-order valence-electron chi connectivity index (χ4n) is 3.96. The Hall–Kier alpha value is -3.05. The Morgan fingerprint density at radius 2 is 1.59 bits per heavy atom. The summed E-state index contributed by atoms with van der Waals surface area (Å²) >= 11 is 0. The van der Waals surface area contributed by atoms with Gasteiger partial charge in [-0.15, -0.1) is 0 Å². The zero-order valence-corrected chi connectivity index (χ0v) is 17.0.